The Morgan fingerprint density at radius 2 is 1.84 bits per heavy atom. The van der Waals surface area contributed by atoms with Crippen molar-refractivity contribution in [1.29, 1.82) is 0 Å². The topological polar surface area (TPSA) is 56.7 Å². The Labute approximate surface area is 155 Å². The molecule has 5 nitrogen and oxygen atoms in total. The van der Waals surface area contributed by atoms with E-state index in [1.165, 1.54) is 0 Å². The van der Waals surface area contributed by atoms with Crippen LogP contribution in [0.4, 0.5) is 0 Å². The molecule has 25 heavy (non-hydrogen) atoms. The number of aliphatic imine (C=N–C) groups is 1. The average Bonchev–Trinajstić information content (AvgIpc) is 3.08. The van der Waals surface area contributed by atoms with Gasteiger partial charge >= 0.3 is 0 Å². The minimum atomic E-state index is -0.306. The van der Waals surface area contributed by atoms with E-state index in [4.69, 9.17) is 11.6 Å². The van der Waals surface area contributed by atoms with Gasteiger partial charge < -0.3 is 15.5 Å². The summed E-state index contributed by atoms with van der Waals surface area (Å²) in [7, 11) is 3.67. The highest BCUT2D eigenvalue weighted by Crippen LogP contribution is 2.38. The number of nitrogens with one attached hydrogen (secondary N) is 2. The third-order valence-corrected chi connectivity index (χ3v) is 4.94. The molecule has 0 aromatic heterocycles. The summed E-state index contributed by atoms with van der Waals surface area (Å²) in [6.45, 7) is 4.01. The molecular weight excluding hydrogens is 336 g/mol. The van der Waals surface area contributed by atoms with E-state index in [2.05, 4.69) is 15.6 Å². The lowest BCUT2D eigenvalue weighted by Gasteiger charge is -2.31. The van der Waals surface area contributed by atoms with Gasteiger partial charge in [-0.1, -0.05) is 36.6 Å². The molecule has 6 heteroatoms. The molecule has 138 valence electrons. The number of guanidine groups is 1. The summed E-state index contributed by atoms with van der Waals surface area (Å²) in [5.74, 6) is 0.960. The first-order valence-corrected chi connectivity index (χ1v) is 9.33. The van der Waals surface area contributed by atoms with Gasteiger partial charge in [-0.05, 0) is 37.5 Å². The first kappa shape index (κ1) is 19.6. The number of rotatable bonds is 6. The number of carbonyl (C=O) groups is 1. The Kier molecular flexibility index (Phi) is 7.12. The standard InChI is InChI=1S/C19H29ClN4O/c1-4-21-18(22-13-15-7-9-16(20)10-8-15)23-14-19(11-5-6-12-19)17(25)24(2)3/h7-10H,4-6,11-14H2,1-3H3,(H2,21,22,23). The molecule has 0 unspecified atom stereocenters. The third kappa shape index (κ3) is 5.36. The van der Waals surface area contributed by atoms with Gasteiger partial charge in [-0.25, -0.2) is 4.99 Å². The second-order valence-corrected chi connectivity index (χ2v) is 7.30. The molecule has 1 aliphatic carbocycles. The highest BCUT2D eigenvalue weighted by atomic mass is 35.5. The van der Waals surface area contributed by atoms with Gasteiger partial charge in [0.25, 0.3) is 0 Å². The Hall–Kier alpha value is -1.75. The molecule has 0 spiro atoms. The summed E-state index contributed by atoms with van der Waals surface area (Å²) in [6.07, 6.45) is 4.10. The lowest BCUT2D eigenvalue weighted by atomic mass is 9.84. The molecule has 1 fully saturated rings. The van der Waals surface area contributed by atoms with Crippen LogP contribution in [0.1, 0.15) is 38.2 Å². The van der Waals surface area contributed by atoms with Crippen LogP contribution in [0.3, 0.4) is 0 Å². The monoisotopic (exact) mass is 364 g/mol. The fourth-order valence-corrected chi connectivity index (χ4v) is 3.47. The van der Waals surface area contributed by atoms with E-state index in [1.54, 1.807) is 4.90 Å². The second-order valence-electron chi connectivity index (χ2n) is 6.86. The number of halogens is 1. The molecule has 1 saturated carbocycles. The number of amides is 1. The van der Waals surface area contributed by atoms with E-state index in [1.807, 2.05) is 45.3 Å². The Morgan fingerprint density at radius 3 is 2.40 bits per heavy atom. The summed E-state index contributed by atoms with van der Waals surface area (Å²) < 4.78 is 0. The normalized spacial score (nSPS) is 16.6. The Bertz CT molecular complexity index is 592. The van der Waals surface area contributed by atoms with Crippen LogP contribution in [0.15, 0.2) is 29.3 Å². The number of hydrogen-bond donors (Lipinski definition) is 2. The predicted molar refractivity (Wildman–Crippen MR) is 104 cm³/mol. The molecule has 0 bridgehead atoms. The number of carbonyl (C=O) groups excluding carboxylic acids is 1. The Balaban J connectivity index is 2.03. The second kappa shape index (κ2) is 9.09. The molecule has 1 amide bonds. The van der Waals surface area contributed by atoms with E-state index in [9.17, 15) is 4.79 Å². The summed E-state index contributed by atoms with van der Waals surface area (Å²) in [5, 5.41) is 7.37. The average molecular weight is 365 g/mol. The van der Waals surface area contributed by atoms with Crippen molar-refractivity contribution >= 4 is 23.5 Å². The maximum Gasteiger partial charge on any atom is 0.230 e. The molecule has 2 N–H and O–H groups in total. The molecule has 1 aromatic carbocycles. The molecule has 0 atom stereocenters. The van der Waals surface area contributed by atoms with Gasteiger partial charge in [0.2, 0.25) is 5.91 Å². The number of nitrogens with zero attached hydrogens (tertiary/aromatic N) is 2. The van der Waals surface area contributed by atoms with Crippen LogP contribution in [-0.2, 0) is 11.3 Å². The summed E-state index contributed by atoms with van der Waals surface area (Å²) in [4.78, 5) is 19.0. The summed E-state index contributed by atoms with van der Waals surface area (Å²) in [5.41, 5.74) is 0.793. The molecule has 0 heterocycles. The smallest absolute Gasteiger partial charge is 0.230 e. The van der Waals surface area contributed by atoms with Crippen LogP contribution in [0, 0.1) is 5.41 Å². The molecule has 1 aromatic rings. The van der Waals surface area contributed by atoms with Gasteiger partial charge in [0.15, 0.2) is 5.96 Å². The zero-order chi connectivity index (χ0) is 18.3. The van der Waals surface area contributed by atoms with Crippen LogP contribution >= 0.6 is 11.6 Å². The van der Waals surface area contributed by atoms with E-state index in [0.717, 1.165) is 48.8 Å². The van der Waals surface area contributed by atoms with Crippen molar-refractivity contribution in [2.45, 2.75) is 39.2 Å². The lowest BCUT2D eigenvalue weighted by molar-refractivity contribution is -0.138. The zero-order valence-corrected chi connectivity index (χ0v) is 16.2. The predicted octanol–water partition coefficient (Wildman–Crippen LogP) is 3.04. The highest BCUT2D eigenvalue weighted by Gasteiger charge is 2.42. The van der Waals surface area contributed by atoms with Crippen molar-refractivity contribution in [1.82, 2.24) is 15.5 Å². The number of hydrogen-bond acceptors (Lipinski definition) is 2. The highest BCUT2D eigenvalue weighted by molar-refractivity contribution is 6.30. The molecule has 2 rings (SSSR count). The van der Waals surface area contributed by atoms with Crippen LogP contribution in [-0.4, -0.2) is 44.0 Å². The van der Waals surface area contributed by atoms with Crippen LogP contribution in [0.2, 0.25) is 5.02 Å². The van der Waals surface area contributed by atoms with Crippen molar-refractivity contribution in [2.75, 3.05) is 27.2 Å². The maximum absolute atomic E-state index is 12.7. The summed E-state index contributed by atoms with van der Waals surface area (Å²) >= 11 is 5.92. The van der Waals surface area contributed by atoms with Crippen molar-refractivity contribution in [3.8, 4) is 0 Å². The summed E-state index contributed by atoms with van der Waals surface area (Å²) in [6, 6.07) is 7.69. The van der Waals surface area contributed by atoms with E-state index in [0.29, 0.717) is 13.1 Å². The van der Waals surface area contributed by atoms with Gasteiger partial charge in [-0.15, -0.1) is 0 Å². The molecule has 1 aliphatic rings. The van der Waals surface area contributed by atoms with Crippen molar-refractivity contribution in [2.24, 2.45) is 10.4 Å². The molecular formula is C19H29ClN4O. The van der Waals surface area contributed by atoms with Crippen LogP contribution in [0.25, 0.3) is 0 Å². The molecule has 0 aliphatic heterocycles. The fraction of sp³-hybridized carbons (Fsp3) is 0.579. The minimum absolute atomic E-state index is 0.214. The first-order chi connectivity index (χ1) is 12.0. The van der Waals surface area contributed by atoms with Crippen molar-refractivity contribution < 1.29 is 4.79 Å². The van der Waals surface area contributed by atoms with Crippen molar-refractivity contribution in [3.05, 3.63) is 34.9 Å². The Morgan fingerprint density at radius 1 is 1.20 bits per heavy atom. The molecule has 0 radical (unpaired) electrons. The lowest BCUT2D eigenvalue weighted by Crippen LogP contribution is -2.49. The van der Waals surface area contributed by atoms with Gasteiger partial charge in [0.05, 0.1) is 12.0 Å². The fourth-order valence-electron chi connectivity index (χ4n) is 3.35. The third-order valence-electron chi connectivity index (χ3n) is 4.69. The van der Waals surface area contributed by atoms with Gasteiger partial charge in [0.1, 0.15) is 0 Å². The maximum atomic E-state index is 12.7. The first-order valence-electron chi connectivity index (χ1n) is 8.95. The quantitative estimate of drug-likeness (QED) is 0.602. The SMILES string of the molecule is CCNC(=NCc1ccc(Cl)cc1)NCC1(C(=O)N(C)C)CCCC1. The van der Waals surface area contributed by atoms with Gasteiger partial charge in [0, 0.05) is 32.2 Å². The van der Waals surface area contributed by atoms with Crippen LogP contribution in [0.5, 0.6) is 0 Å². The zero-order valence-electron chi connectivity index (χ0n) is 15.4. The van der Waals surface area contributed by atoms with Gasteiger partial charge in [-0.3, -0.25) is 4.79 Å². The van der Waals surface area contributed by atoms with Crippen molar-refractivity contribution in [3.63, 3.8) is 0 Å². The largest absolute Gasteiger partial charge is 0.357 e. The number of benzene rings is 1. The van der Waals surface area contributed by atoms with E-state index >= 15 is 0 Å². The minimum Gasteiger partial charge on any atom is -0.357 e. The molecule has 0 saturated heterocycles. The van der Waals surface area contributed by atoms with E-state index in [-0.39, 0.29) is 11.3 Å². The van der Waals surface area contributed by atoms with E-state index < -0.39 is 0 Å². The van der Waals surface area contributed by atoms with Gasteiger partial charge in [-0.2, -0.15) is 0 Å². The van der Waals surface area contributed by atoms with Crippen LogP contribution < -0.4 is 10.6 Å².